The molecule has 1 aliphatic heterocycles. The second kappa shape index (κ2) is 7.13. The quantitative estimate of drug-likeness (QED) is 0.597. The molecular weight excluding hydrogens is 236 g/mol. The average molecular weight is 260 g/mol. The Morgan fingerprint density at radius 2 is 2.24 bits per heavy atom. The molecule has 1 rings (SSSR count). The molecule has 0 spiro atoms. The Bertz CT molecular complexity index is 251. The minimum Gasteiger partial charge on any atom is -0.385 e. The van der Waals surface area contributed by atoms with Crippen molar-refractivity contribution in [3.63, 3.8) is 0 Å². The summed E-state index contributed by atoms with van der Waals surface area (Å²) in [5.74, 6) is 0. The van der Waals surface area contributed by atoms with Crippen molar-refractivity contribution in [2.45, 2.75) is 31.8 Å². The van der Waals surface area contributed by atoms with Crippen molar-refractivity contribution >= 4 is 17.3 Å². The molecule has 100 valence electrons. The van der Waals surface area contributed by atoms with E-state index in [4.69, 9.17) is 21.7 Å². The van der Waals surface area contributed by atoms with Gasteiger partial charge in [-0.05, 0) is 38.4 Å². The maximum atomic E-state index is 5.55. The van der Waals surface area contributed by atoms with Gasteiger partial charge in [0.05, 0.1) is 5.60 Å². The van der Waals surface area contributed by atoms with Gasteiger partial charge in [0.15, 0.2) is 5.11 Å². The first-order chi connectivity index (χ1) is 8.11. The van der Waals surface area contributed by atoms with Crippen LogP contribution in [0, 0.1) is 0 Å². The van der Waals surface area contributed by atoms with Crippen LogP contribution >= 0.6 is 12.2 Å². The molecule has 1 fully saturated rings. The lowest BCUT2D eigenvalue weighted by Crippen LogP contribution is -2.52. The third kappa shape index (κ3) is 4.77. The summed E-state index contributed by atoms with van der Waals surface area (Å²) in [6.07, 6.45) is 3.21. The lowest BCUT2D eigenvalue weighted by atomic mass is 9.95. The van der Waals surface area contributed by atoms with Gasteiger partial charge in [-0.1, -0.05) is 0 Å². The second-order valence-electron chi connectivity index (χ2n) is 4.76. The molecule has 0 radical (unpaired) electrons. The lowest BCUT2D eigenvalue weighted by molar-refractivity contribution is -0.0350. The summed E-state index contributed by atoms with van der Waals surface area (Å²) in [6.45, 7) is 5.68. The van der Waals surface area contributed by atoms with Crippen LogP contribution in [0.3, 0.4) is 0 Å². The predicted molar refractivity (Wildman–Crippen MR) is 73.3 cm³/mol. The van der Waals surface area contributed by atoms with E-state index in [1.165, 1.54) is 0 Å². The summed E-state index contributed by atoms with van der Waals surface area (Å²) in [5.41, 5.74) is -0.0590. The zero-order valence-electron chi connectivity index (χ0n) is 11.1. The molecule has 0 saturated carbocycles. The van der Waals surface area contributed by atoms with Crippen molar-refractivity contribution in [1.82, 2.24) is 10.2 Å². The van der Waals surface area contributed by atoms with E-state index in [1.54, 1.807) is 14.2 Å². The van der Waals surface area contributed by atoms with Crippen molar-refractivity contribution in [2.75, 3.05) is 40.5 Å². The maximum absolute atomic E-state index is 5.55. The highest BCUT2D eigenvalue weighted by Crippen LogP contribution is 2.23. The Balaban J connectivity index is 2.31. The number of methoxy groups -OCH3 is 2. The summed E-state index contributed by atoms with van der Waals surface area (Å²) in [5, 5.41) is 4.11. The first-order valence-electron chi connectivity index (χ1n) is 6.18. The van der Waals surface area contributed by atoms with Crippen LogP contribution in [0.15, 0.2) is 0 Å². The first kappa shape index (κ1) is 14.7. The third-order valence-corrected chi connectivity index (χ3v) is 3.64. The van der Waals surface area contributed by atoms with Crippen LogP contribution in [0.4, 0.5) is 0 Å². The van der Waals surface area contributed by atoms with Crippen LogP contribution in [0.2, 0.25) is 0 Å². The molecule has 4 nitrogen and oxygen atoms in total. The van der Waals surface area contributed by atoms with Crippen molar-refractivity contribution in [3.8, 4) is 0 Å². The lowest BCUT2D eigenvalue weighted by Gasteiger charge is -2.40. The number of ether oxygens (including phenoxy) is 2. The highest BCUT2D eigenvalue weighted by atomic mass is 32.1. The molecule has 0 amide bonds. The number of thiocarbonyl (C=S) groups is 1. The largest absolute Gasteiger partial charge is 0.385 e. The Kier molecular flexibility index (Phi) is 6.16. The summed E-state index contributed by atoms with van der Waals surface area (Å²) in [7, 11) is 3.49. The van der Waals surface area contributed by atoms with Crippen molar-refractivity contribution in [2.24, 2.45) is 0 Å². The van der Waals surface area contributed by atoms with Crippen LogP contribution in [0.1, 0.15) is 26.2 Å². The Labute approximate surface area is 110 Å². The fourth-order valence-electron chi connectivity index (χ4n) is 2.07. The predicted octanol–water partition coefficient (Wildman–Crippen LogP) is 1.40. The van der Waals surface area contributed by atoms with E-state index in [0.717, 1.165) is 50.6 Å². The SMILES string of the molecule is COCCCNC(=S)N1CCCC(C)(OC)C1. The van der Waals surface area contributed by atoms with Gasteiger partial charge in [0.25, 0.3) is 0 Å². The number of hydrogen-bond acceptors (Lipinski definition) is 3. The van der Waals surface area contributed by atoms with E-state index in [2.05, 4.69) is 17.1 Å². The molecule has 17 heavy (non-hydrogen) atoms. The van der Waals surface area contributed by atoms with Gasteiger partial charge in [-0.15, -0.1) is 0 Å². The first-order valence-corrected chi connectivity index (χ1v) is 6.59. The van der Waals surface area contributed by atoms with Crippen LogP contribution in [0.25, 0.3) is 0 Å². The fourth-order valence-corrected chi connectivity index (χ4v) is 2.33. The van der Waals surface area contributed by atoms with Gasteiger partial charge in [0.2, 0.25) is 0 Å². The molecule has 1 saturated heterocycles. The van der Waals surface area contributed by atoms with Crippen LogP contribution < -0.4 is 5.32 Å². The summed E-state index contributed by atoms with van der Waals surface area (Å²) in [6, 6.07) is 0. The van der Waals surface area contributed by atoms with Gasteiger partial charge >= 0.3 is 0 Å². The third-order valence-electron chi connectivity index (χ3n) is 3.24. The van der Waals surface area contributed by atoms with Crippen LogP contribution in [-0.2, 0) is 9.47 Å². The molecule has 1 aliphatic rings. The topological polar surface area (TPSA) is 33.7 Å². The van der Waals surface area contributed by atoms with Gasteiger partial charge in [-0.25, -0.2) is 0 Å². The Morgan fingerprint density at radius 3 is 2.88 bits per heavy atom. The summed E-state index contributed by atoms with van der Waals surface area (Å²) < 4.78 is 10.6. The zero-order valence-corrected chi connectivity index (χ0v) is 11.9. The number of likely N-dealkylation sites (tertiary alicyclic amines) is 1. The molecule has 1 unspecified atom stereocenters. The van der Waals surface area contributed by atoms with Gasteiger partial charge in [0, 0.05) is 40.5 Å². The highest BCUT2D eigenvalue weighted by Gasteiger charge is 2.31. The normalized spacial score (nSPS) is 24.8. The van der Waals surface area contributed by atoms with Crippen LogP contribution in [0.5, 0.6) is 0 Å². The Morgan fingerprint density at radius 1 is 1.47 bits per heavy atom. The highest BCUT2D eigenvalue weighted by molar-refractivity contribution is 7.80. The van der Waals surface area contributed by atoms with Crippen molar-refractivity contribution < 1.29 is 9.47 Å². The molecule has 0 bridgehead atoms. The molecule has 0 aromatic heterocycles. The van der Waals surface area contributed by atoms with Crippen LogP contribution in [-0.4, -0.2) is 56.1 Å². The van der Waals surface area contributed by atoms with E-state index >= 15 is 0 Å². The van der Waals surface area contributed by atoms with Gasteiger partial charge in [-0.2, -0.15) is 0 Å². The Hall–Kier alpha value is -0.390. The summed E-state index contributed by atoms with van der Waals surface area (Å²) >= 11 is 5.39. The van der Waals surface area contributed by atoms with E-state index < -0.39 is 0 Å². The van der Waals surface area contributed by atoms with E-state index in [9.17, 15) is 0 Å². The molecule has 5 heteroatoms. The molecule has 0 aromatic carbocycles. The molecule has 0 aliphatic carbocycles. The molecular formula is C12H24N2O2S. The van der Waals surface area contributed by atoms with Gasteiger partial charge in [-0.3, -0.25) is 0 Å². The van der Waals surface area contributed by atoms with Crippen molar-refractivity contribution in [3.05, 3.63) is 0 Å². The van der Waals surface area contributed by atoms with Gasteiger partial charge < -0.3 is 19.7 Å². The number of nitrogens with zero attached hydrogens (tertiary/aromatic N) is 1. The molecule has 1 heterocycles. The molecule has 1 atom stereocenters. The minimum absolute atomic E-state index is 0.0590. The number of piperidine rings is 1. The summed E-state index contributed by atoms with van der Waals surface area (Å²) in [4.78, 5) is 2.20. The zero-order chi connectivity index (χ0) is 12.7. The average Bonchev–Trinajstić information content (AvgIpc) is 2.34. The van der Waals surface area contributed by atoms with Gasteiger partial charge in [0.1, 0.15) is 0 Å². The number of nitrogens with one attached hydrogen (secondary N) is 1. The minimum atomic E-state index is -0.0590. The number of rotatable bonds is 5. The van der Waals surface area contributed by atoms with E-state index in [-0.39, 0.29) is 5.60 Å². The smallest absolute Gasteiger partial charge is 0.169 e. The molecule has 0 aromatic rings. The van der Waals surface area contributed by atoms with E-state index in [0.29, 0.717) is 0 Å². The standard InChI is InChI=1S/C12H24N2O2S/c1-12(16-3)6-4-8-14(10-12)11(17)13-7-5-9-15-2/h4-10H2,1-3H3,(H,13,17). The number of hydrogen-bond donors (Lipinski definition) is 1. The van der Waals surface area contributed by atoms with Crippen molar-refractivity contribution in [1.29, 1.82) is 0 Å². The fraction of sp³-hybridized carbons (Fsp3) is 0.917. The maximum Gasteiger partial charge on any atom is 0.169 e. The van der Waals surface area contributed by atoms with E-state index in [1.807, 2.05) is 0 Å². The molecule has 1 N–H and O–H groups in total. The second-order valence-corrected chi connectivity index (χ2v) is 5.14. The monoisotopic (exact) mass is 260 g/mol.